The quantitative estimate of drug-likeness (QED) is 0.0993. The van der Waals surface area contributed by atoms with Gasteiger partial charge in [0, 0.05) is 11.1 Å². The average molecular weight is 440 g/mol. The molecule has 0 bridgehead atoms. The van der Waals surface area contributed by atoms with Crippen molar-refractivity contribution in [3.63, 3.8) is 0 Å². The maximum absolute atomic E-state index is 12.1. The Morgan fingerprint density at radius 1 is 1.03 bits per heavy atom. The van der Waals surface area contributed by atoms with Crippen LogP contribution in [0.2, 0.25) is 0 Å². The molecule has 32 heavy (non-hydrogen) atoms. The number of unbranched alkanes of at least 4 members (excludes halogenated alkanes) is 3. The molecule has 0 aromatic heterocycles. The van der Waals surface area contributed by atoms with E-state index in [1.165, 1.54) is 39.7 Å². The van der Waals surface area contributed by atoms with Crippen molar-refractivity contribution in [1.82, 2.24) is 0 Å². The monoisotopic (exact) mass is 439 g/mol. The number of benzene rings is 2. The van der Waals surface area contributed by atoms with Gasteiger partial charge >= 0.3 is 5.97 Å². The van der Waals surface area contributed by atoms with Crippen molar-refractivity contribution in [3.05, 3.63) is 71.5 Å². The van der Waals surface area contributed by atoms with Crippen LogP contribution in [-0.2, 0) is 25.7 Å². The highest BCUT2D eigenvalue weighted by Crippen LogP contribution is 2.22. The van der Waals surface area contributed by atoms with E-state index in [1.54, 1.807) is 0 Å². The van der Waals surface area contributed by atoms with Gasteiger partial charge in [-0.2, -0.15) is 0 Å². The Morgan fingerprint density at radius 3 is 2.59 bits per heavy atom. The molecule has 0 aliphatic rings. The zero-order valence-electron chi connectivity index (χ0n) is 19.4. The van der Waals surface area contributed by atoms with Crippen LogP contribution in [0.25, 0.3) is 5.57 Å². The average Bonchev–Trinajstić information content (AvgIpc) is 2.82. The zero-order valence-corrected chi connectivity index (χ0v) is 19.4. The van der Waals surface area contributed by atoms with E-state index in [9.17, 15) is 4.79 Å². The highest BCUT2D eigenvalue weighted by atomic mass is 16.6. The van der Waals surface area contributed by atoms with Crippen molar-refractivity contribution >= 4 is 17.3 Å². The molecule has 0 radical (unpaired) electrons. The minimum Gasteiger partial charge on any atom is -0.503 e. The van der Waals surface area contributed by atoms with E-state index >= 15 is 0 Å². The lowest BCUT2D eigenvalue weighted by Crippen LogP contribution is -2.07. The first kappa shape index (κ1) is 25.0. The molecule has 0 N–H and O–H groups in total. The lowest BCUT2D eigenvalue weighted by molar-refractivity contribution is -0.133. The Labute approximate surface area is 190 Å². The Morgan fingerprint density at radius 2 is 1.84 bits per heavy atom. The van der Waals surface area contributed by atoms with Crippen LogP contribution in [0.4, 0.5) is 0 Å². The number of ether oxygens (including phenoxy) is 3. The predicted molar refractivity (Wildman–Crippen MR) is 127 cm³/mol. The molecule has 2 aromatic carbocycles. The molecule has 6 nitrogen and oxygen atoms in total. The highest BCUT2D eigenvalue weighted by Gasteiger charge is 2.16. The van der Waals surface area contributed by atoms with E-state index in [0.29, 0.717) is 17.7 Å². The second-order valence-corrected chi connectivity index (χ2v) is 7.30. The molecule has 0 unspecified atom stereocenters. The summed E-state index contributed by atoms with van der Waals surface area (Å²) in [5, 5.41) is 4.26. The Hall–Kier alpha value is -3.28. The summed E-state index contributed by atoms with van der Waals surface area (Å²) < 4.78 is 15.8. The van der Waals surface area contributed by atoms with Crippen LogP contribution in [-0.4, -0.2) is 32.5 Å². The molecule has 0 aliphatic heterocycles. The summed E-state index contributed by atoms with van der Waals surface area (Å²) in [5.74, 6) is 0.344. The summed E-state index contributed by atoms with van der Waals surface area (Å²) in [6.45, 7) is 4.99. The van der Waals surface area contributed by atoms with Gasteiger partial charge in [-0.3, -0.25) is 0 Å². The van der Waals surface area contributed by atoms with Gasteiger partial charge in [-0.05, 0) is 31.0 Å². The van der Waals surface area contributed by atoms with Crippen LogP contribution in [0.1, 0.15) is 56.2 Å². The third-order valence-electron chi connectivity index (χ3n) is 4.89. The van der Waals surface area contributed by atoms with Crippen LogP contribution in [0.3, 0.4) is 0 Å². The van der Waals surface area contributed by atoms with E-state index < -0.39 is 5.97 Å². The van der Waals surface area contributed by atoms with Gasteiger partial charge < -0.3 is 19.0 Å². The van der Waals surface area contributed by atoms with Crippen molar-refractivity contribution in [1.29, 1.82) is 0 Å². The normalized spacial score (nSPS) is 11.8. The van der Waals surface area contributed by atoms with Crippen LogP contribution in [0.5, 0.6) is 5.75 Å². The van der Waals surface area contributed by atoms with Gasteiger partial charge in [-0.25, -0.2) is 4.79 Å². The SMILES string of the molecule is CCCCCCOc1cccc(/C(C)=N/OCc2ccccc2/C(=C/OC)C(=O)OC)c1. The molecule has 0 heterocycles. The minimum atomic E-state index is -0.481. The number of hydrogen-bond acceptors (Lipinski definition) is 6. The van der Waals surface area contributed by atoms with E-state index in [2.05, 4.69) is 12.1 Å². The van der Waals surface area contributed by atoms with E-state index in [0.717, 1.165) is 29.0 Å². The lowest BCUT2D eigenvalue weighted by atomic mass is 10.0. The molecule has 2 rings (SSSR count). The van der Waals surface area contributed by atoms with Crippen molar-refractivity contribution < 1.29 is 23.8 Å². The Balaban J connectivity index is 2.04. The standard InChI is InChI=1S/C26H33NO5/c1-5-6-7-10-16-31-23-14-11-13-21(17-23)20(2)27-32-18-22-12-8-9-15-24(22)25(19-29-3)26(28)30-4/h8-9,11-15,17,19H,5-7,10,16,18H2,1-4H3/b25-19-,27-20+. The first-order valence-electron chi connectivity index (χ1n) is 10.9. The summed E-state index contributed by atoms with van der Waals surface area (Å²) >= 11 is 0. The number of rotatable bonds is 13. The number of hydrogen-bond donors (Lipinski definition) is 0. The fourth-order valence-corrected chi connectivity index (χ4v) is 3.14. The molecule has 0 fully saturated rings. The number of carbonyl (C=O) groups excluding carboxylic acids is 1. The van der Waals surface area contributed by atoms with Gasteiger partial charge in [0.1, 0.15) is 17.9 Å². The first-order valence-corrected chi connectivity index (χ1v) is 10.9. The van der Waals surface area contributed by atoms with Crippen molar-refractivity contribution in [2.24, 2.45) is 5.16 Å². The number of esters is 1. The second kappa shape index (κ2) is 13.9. The molecular formula is C26H33NO5. The van der Waals surface area contributed by atoms with Crippen LogP contribution in [0.15, 0.2) is 59.9 Å². The lowest BCUT2D eigenvalue weighted by Gasteiger charge is -2.11. The molecule has 0 atom stereocenters. The van der Waals surface area contributed by atoms with E-state index in [-0.39, 0.29) is 6.61 Å². The second-order valence-electron chi connectivity index (χ2n) is 7.30. The summed E-state index contributed by atoms with van der Waals surface area (Å²) in [6.07, 6.45) is 6.05. The highest BCUT2D eigenvalue weighted by molar-refractivity contribution is 6.16. The summed E-state index contributed by atoms with van der Waals surface area (Å²) in [6, 6.07) is 15.2. The Kier molecular flexibility index (Phi) is 10.9. The third kappa shape index (κ3) is 7.76. The van der Waals surface area contributed by atoms with Crippen molar-refractivity contribution in [2.75, 3.05) is 20.8 Å². The number of methoxy groups -OCH3 is 2. The molecule has 6 heteroatoms. The van der Waals surface area contributed by atoms with Crippen molar-refractivity contribution in [3.8, 4) is 5.75 Å². The summed E-state index contributed by atoms with van der Waals surface area (Å²) in [7, 11) is 2.82. The van der Waals surface area contributed by atoms with Crippen LogP contribution in [0, 0.1) is 0 Å². The van der Waals surface area contributed by atoms with Gasteiger partial charge in [0.05, 0.1) is 32.8 Å². The van der Waals surface area contributed by atoms with Gasteiger partial charge in [0.15, 0.2) is 0 Å². The minimum absolute atomic E-state index is 0.194. The van der Waals surface area contributed by atoms with Gasteiger partial charge in [-0.15, -0.1) is 0 Å². The number of oxime groups is 1. The number of carbonyl (C=O) groups is 1. The van der Waals surface area contributed by atoms with Gasteiger partial charge in [0.25, 0.3) is 0 Å². The molecule has 0 amide bonds. The fourth-order valence-electron chi connectivity index (χ4n) is 3.14. The summed E-state index contributed by atoms with van der Waals surface area (Å²) in [4.78, 5) is 17.7. The molecule has 0 spiro atoms. The molecule has 172 valence electrons. The molecule has 2 aromatic rings. The smallest absolute Gasteiger partial charge is 0.341 e. The Bertz CT molecular complexity index is 920. The van der Waals surface area contributed by atoms with Crippen LogP contribution >= 0.6 is 0 Å². The number of nitrogens with zero attached hydrogens (tertiary/aromatic N) is 1. The van der Waals surface area contributed by atoms with E-state index in [4.69, 9.17) is 19.0 Å². The van der Waals surface area contributed by atoms with E-state index in [1.807, 2.05) is 55.5 Å². The first-order chi connectivity index (χ1) is 15.6. The topological polar surface area (TPSA) is 66.3 Å². The maximum Gasteiger partial charge on any atom is 0.341 e. The predicted octanol–water partition coefficient (Wildman–Crippen LogP) is 5.75. The fraction of sp³-hybridized carbons (Fsp3) is 0.385. The van der Waals surface area contributed by atoms with Gasteiger partial charge in [0.2, 0.25) is 0 Å². The molecule has 0 saturated heterocycles. The third-order valence-corrected chi connectivity index (χ3v) is 4.89. The van der Waals surface area contributed by atoms with Crippen LogP contribution < -0.4 is 4.74 Å². The maximum atomic E-state index is 12.1. The molecule has 0 aliphatic carbocycles. The summed E-state index contributed by atoms with van der Waals surface area (Å²) in [5.41, 5.74) is 3.45. The van der Waals surface area contributed by atoms with Crippen molar-refractivity contribution in [2.45, 2.75) is 46.1 Å². The van der Waals surface area contributed by atoms with Gasteiger partial charge in [-0.1, -0.05) is 67.7 Å². The molecule has 0 saturated carbocycles. The largest absolute Gasteiger partial charge is 0.503 e. The molecular weight excluding hydrogens is 406 g/mol. The zero-order chi connectivity index (χ0) is 23.2.